The molecule has 9 heavy (non-hydrogen) atoms. The van der Waals surface area contributed by atoms with Crippen molar-refractivity contribution in [3.05, 3.63) is 6.92 Å². The smallest absolute Gasteiger partial charge is 0 e. The summed E-state index contributed by atoms with van der Waals surface area (Å²) in [4.78, 5) is 2.00. The molecule has 0 saturated heterocycles. The molecule has 0 amide bonds. The minimum absolute atomic E-state index is 0. The van der Waals surface area contributed by atoms with Crippen LogP contribution in [0.4, 0.5) is 0 Å². The summed E-state index contributed by atoms with van der Waals surface area (Å²) in [6, 6.07) is 0. The Morgan fingerprint density at radius 2 is 1.33 bits per heavy atom. The molecule has 1 nitrogen and oxygen atoms in total. The van der Waals surface area contributed by atoms with Gasteiger partial charge in [0, 0.05) is 26.2 Å². The predicted octanol–water partition coefficient (Wildman–Crippen LogP) is 1.80. The normalized spacial score (nSPS) is 7.33. The van der Waals surface area contributed by atoms with Crippen LogP contribution in [0.5, 0.6) is 0 Å². The first kappa shape index (κ1) is 16.4. The topological polar surface area (TPSA) is 3.24 Å². The van der Waals surface area contributed by atoms with Crippen molar-refractivity contribution in [2.45, 2.75) is 19.8 Å². The molecule has 0 unspecified atom stereocenters. The van der Waals surface area contributed by atoms with E-state index in [0.717, 1.165) is 6.42 Å². The first-order valence-corrected chi connectivity index (χ1v) is 3.05. The van der Waals surface area contributed by atoms with Gasteiger partial charge in [-0.05, 0) is 21.1 Å². The zero-order valence-electron chi connectivity index (χ0n) is 7.07. The monoisotopic (exact) mass is 206 g/mol. The molecule has 0 aliphatic carbocycles. The van der Waals surface area contributed by atoms with Gasteiger partial charge >= 0.3 is 0 Å². The third kappa shape index (κ3) is 122. The Balaban J connectivity index is -0.0000000720. The maximum absolute atomic E-state index is 3.60. The third-order valence-corrected chi connectivity index (χ3v) is 0.354. The summed E-state index contributed by atoms with van der Waals surface area (Å²) in [6.07, 6.45) is 2.28. The van der Waals surface area contributed by atoms with E-state index in [2.05, 4.69) is 13.8 Å². The minimum Gasteiger partial charge on any atom is -0.343 e. The van der Waals surface area contributed by atoms with Crippen molar-refractivity contribution < 1.29 is 26.2 Å². The molecule has 0 heterocycles. The number of unbranched alkanes of at least 4 members (excludes halogenated alkanes) is 1. The molecule has 0 rings (SSSR count). The molecular weight excluding hydrogens is 189 g/mol. The van der Waals surface area contributed by atoms with E-state index in [9.17, 15) is 0 Å². The summed E-state index contributed by atoms with van der Waals surface area (Å²) < 4.78 is 0. The van der Waals surface area contributed by atoms with Gasteiger partial charge in [-0.1, -0.05) is 13.3 Å². The number of nitrogens with zero attached hydrogens (tertiary/aromatic N) is 1. The molecule has 0 aliphatic rings. The quantitative estimate of drug-likeness (QED) is 0.593. The average Bonchev–Trinajstić information content (AvgIpc) is 1.65. The molecule has 0 radical (unpaired) electrons. The van der Waals surface area contributed by atoms with E-state index in [1.807, 2.05) is 26.0 Å². The van der Waals surface area contributed by atoms with Crippen LogP contribution in [0.2, 0.25) is 0 Å². The molecule has 2 heteroatoms. The fraction of sp³-hybridized carbons (Fsp3) is 0.857. The van der Waals surface area contributed by atoms with E-state index in [1.165, 1.54) is 6.42 Å². The molecule has 0 N–H and O–H groups in total. The summed E-state index contributed by atoms with van der Waals surface area (Å²) >= 11 is 0. The molecule has 0 spiro atoms. The van der Waals surface area contributed by atoms with Crippen molar-refractivity contribution in [3.8, 4) is 0 Å². The summed E-state index contributed by atoms with van der Waals surface area (Å²) in [5.41, 5.74) is 0. The largest absolute Gasteiger partial charge is 0.343 e. The van der Waals surface area contributed by atoms with Crippen LogP contribution in [0.15, 0.2) is 0 Å². The average molecular weight is 207 g/mol. The molecule has 0 aliphatic heterocycles. The Morgan fingerprint density at radius 3 is 1.33 bits per heavy atom. The van der Waals surface area contributed by atoms with Crippen LogP contribution in [0.1, 0.15) is 19.8 Å². The van der Waals surface area contributed by atoms with Crippen LogP contribution in [0.3, 0.4) is 0 Å². The van der Waals surface area contributed by atoms with Gasteiger partial charge in [0.1, 0.15) is 0 Å². The van der Waals surface area contributed by atoms with E-state index in [1.54, 1.807) is 0 Å². The number of hydrogen-bond donors (Lipinski definition) is 0. The fourth-order valence-corrected chi connectivity index (χ4v) is 0. The van der Waals surface area contributed by atoms with Crippen molar-refractivity contribution in [1.29, 1.82) is 0 Å². The van der Waals surface area contributed by atoms with E-state index in [0.29, 0.717) is 0 Å². The van der Waals surface area contributed by atoms with Gasteiger partial charge in [-0.25, -0.2) is 0 Å². The minimum atomic E-state index is 0. The molecule has 0 bridgehead atoms. The SMILES string of the molecule is CN(C)C.[CH2-]CCC.[Zr]. The maximum atomic E-state index is 3.60. The molecule has 56 valence electrons. The maximum Gasteiger partial charge on any atom is 0 e. The van der Waals surface area contributed by atoms with Gasteiger partial charge in [-0.3, -0.25) is 0 Å². The zero-order valence-corrected chi connectivity index (χ0v) is 9.53. The van der Waals surface area contributed by atoms with Gasteiger partial charge in [0.05, 0.1) is 0 Å². The molecule has 0 fully saturated rings. The Kier molecular flexibility index (Phi) is 29.1. The van der Waals surface area contributed by atoms with Crippen LogP contribution < -0.4 is 0 Å². The van der Waals surface area contributed by atoms with Gasteiger partial charge in [0.25, 0.3) is 0 Å². The Hall–Kier alpha value is 0.843. The van der Waals surface area contributed by atoms with Gasteiger partial charge in [-0.15, -0.1) is 0 Å². The second-order valence-electron chi connectivity index (χ2n) is 2.20. The van der Waals surface area contributed by atoms with Crippen molar-refractivity contribution in [2.24, 2.45) is 0 Å². The third-order valence-electron chi connectivity index (χ3n) is 0.354. The molecule has 0 aromatic heterocycles. The molecular formula is C7H18NZr-. The van der Waals surface area contributed by atoms with Crippen LogP contribution in [0.25, 0.3) is 0 Å². The Bertz CT molecular complexity index is 25.3. The van der Waals surface area contributed by atoms with Crippen LogP contribution >= 0.6 is 0 Å². The predicted molar refractivity (Wildman–Crippen MR) is 39.9 cm³/mol. The first-order chi connectivity index (χ1) is 3.65. The fourth-order valence-electron chi connectivity index (χ4n) is 0. The van der Waals surface area contributed by atoms with Gasteiger partial charge < -0.3 is 11.8 Å². The second kappa shape index (κ2) is 15.9. The van der Waals surface area contributed by atoms with E-state index >= 15 is 0 Å². The van der Waals surface area contributed by atoms with Crippen molar-refractivity contribution >= 4 is 0 Å². The van der Waals surface area contributed by atoms with Gasteiger partial charge in [0.2, 0.25) is 0 Å². The Morgan fingerprint density at radius 1 is 1.22 bits per heavy atom. The summed E-state index contributed by atoms with van der Waals surface area (Å²) in [5.74, 6) is 0. The molecule has 0 saturated carbocycles. The summed E-state index contributed by atoms with van der Waals surface area (Å²) in [6.45, 7) is 5.72. The zero-order chi connectivity index (χ0) is 6.99. The summed E-state index contributed by atoms with van der Waals surface area (Å²) in [7, 11) is 6.00. The van der Waals surface area contributed by atoms with Crippen molar-refractivity contribution in [1.82, 2.24) is 4.90 Å². The van der Waals surface area contributed by atoms with Gasteiger partial charge in [0.15, 0.2) is 0 Å². The molecule has 0 atom stereocenters. The van der Waals surface area contributed by atoms with Gasteiger partial charge in [-0.2, -0.15) is 6.42 Å². The van der Waals surface area contributed by atoms with E-state index in [-0.39, 0.29) is 26.2 Å². The Labute approximate surface area is 78.9 Å². The second-order valence-corrected chi connectivity index (χ2v) is 2.20. The standard InChI is InChI=1S/C4H9.C3H9N.Zr/c1-3-4-2;1-4(2)3;/h1,3-4H2,2H3;1-3H3;/q-1;;. The van der Waals surface area contributed by atoms with Crippen LogP contribution in [0, 0.1) is 6.92 Å². The van der Waals surface area contributed by atoms with Crippen LogP contribution in [-0.2, 0) is 26.2 Å². The van der Waals surface area contributed by atoms with E-state index < -0.39 is 0 Å². The van der Waals surface area contributed by atoms with E-state index in [4.69, 9.17) is 0 Å². The number of hydrogen-bond acceptors (Lipinski definition) is 1. The van der Waals surface area contributed by atoms with Crippen LogP contribution in [-0.4, -0.2) is 26.0 Å². The first-order valence-electron chi connectivity index (χ1n) is 3.05. The van der Waals surface area contributed by atoms with Crippen molar-refractivity contribution in [3.63, 3.8) is 0 Å². The molecule has 0 aromatic rings. The van der Waals surface area contributed by atoms with Crippen molar-refractivity contribution in [2.75, 3.05) is 21.1 Å². The number of rotatable bonds is 1. The molecule has 0 aromatic carbocycles. The summed E-state index contributed by atoms with van der Waals surface area (Å²) in [5, 5.41) is 0.